The van der Waals surface area contributed by atoms with Gasteiger partial charge >= 0.3 is 0 Å². The number of halogens is 5. The SMILES string of the molecule is Clc1ccc(C(Br)c2cc(Br)c(Br)s2)cc1Br. The van der Waals surface area contributed by atoms with E-state index in [2.05, 4.69) is 69.8 Å². The standard InChI is InChI=1S/C11H5Br4ClS/c12-6-3-5(1-2-8(6)16)10(14)9-4-7(13)11(15)17-9/h1-4,10H. The summed E-state index contributed by atoms with van der Waals surface area (Å²) in [7, 11) is 0. The number of benzene rings is 1. The molecule has 1 aromatic heterocycles. The summed E-state index contributed by atoms with van der Waals surface area (Å²) in [6.45, 7) is 0. The third-order valence-corrected chi connectivity index (χ3v) is 8.01. The molecule has 90 valence electrons. The highest BCUT2D eigenvalue weighted by molar-refractivity contribution is 9.13. The van der Waals surface area contributed by atoms with Gasteiger partial charge in [0.05, 0.1) is 13.6 Å². The van der Waals surface area contributed by atoms with Crippen LogP contribution in [0.15, 0.2) is 37.0 Å². The first-order valence-electron chi connectivity index (χ1n) is 4.53. The maximum atomic E-state index is 5.99. The Morgan fingerprint density at radius 2 is 1.76 bits per heavy atom. The molecule has 1 unspecified atom stereocenters. The highest BCUT2D eigenvalue weighted by atomic mass is 79.9. The summed E-state index contributed by atoms with van der Waals surface area (Å²) in [5.41, 5.74) is 1.17. The minimum atomic E-state index is 0.170. The lowest BCUT2D eigenvalue weighted by Gasteiger charge is -2.09. The van der Waals surface area contributed by atoms with Crippen molar-refractivity contribution in [2.24, 2.45) is 0 Å². The topological polar surface area (TPSA) is 0 Å². The van der Waals surface area contributed by atoms with Gasteiger partial charge in [-0.15, -0.1) is 11.3 Å². The van der Waals surface area contributed by atoms with Crippen LogP contribution in [0, 0.1) is 0 Å². The average molecular weight is 524 g/mol. The Morgan fingerprint density at radius 3 is 2.29 bits per heavy atom. The molecule has 17 heavy (non-hydrogen) atoms. The van der Waals surface area contributed by atoms with Gasteiger partial charge in [0.2, 0.25) is 0 Å². The van der Waals surface area contributed by atoms with Crippen molar-refractivity contribution < 1.29 is 0 Å². The zero-order valence-corrected chi connectivity index (χ0v) is 16.1. The van der Waals surface area contributed by atoms with Gasteiger partial charge in [-0.3, -0.25) is 0 Å². The first-order valence-corrected chi connectivity index (χ1v) is 9.01. The second-order valence-electron chi connectivity index (χ2n) is 3.31. The fourth-order valence-electron chi connectivity index (χ4n) is 1.32. The molecule has 0 fully saturated rings. The molecule has 0 aliphatic heterocycles. The van der Waals surface area contributed by atoms with E-state index in [-0.39, 0.29) is 4.83 Å². The predicted molar refractivity (Wildman–Crippen MR) is 89.6 cm³/mol. The van der Waals surface area contributed by atoms with E-state index >= 15 is 0 Å². The molecule has 1 atom stereocenters. The van der Waals surface area contributed by atoms with Crippen LogP contribution in [0.3, 0.4) is 0 Å². The molecule has 0 saturated heterocycles. The van der Waals surface area contributed by atoms with Gasteiger partial charge in [0.15, 0.2) is 0 Å². The second-order valence-corrected chi connectivity index (χ2v) is 8.74. The van der Waals surface area contributed by atoms with Crippen LogP contribution < -0.4 is 0 Å². The molecule has 2 rings (SSSR count). The lowest BCUT2D eigenvalue weighted by atomic mass is 10.1. The smallest absolute Gasteiger partial charge is 0.0843 e. The van der Waals surface area contributed by atoms with E-state index < -0.39 is 0 Å². The summed E-state index contributed by atoms with van der Waals surface area (Å²) in [5, 5.41) is 0.724. The summed E-state index contributed by atoms with van der Waals surface area (Å²) in [6, 6.07) is 8.06. The van der Waals surface area contributed by atoms with Crippen molar-refractivity contribution in [2.45, 2.75) is 4.83 Å². The number of rotatable bonds is 2. The van der Waals surface area contributed by atoms with Crippen molar-refractivity contribution in [2.75, 3.05) is 0 Å². The summed E-state index contributed by atoms with van der Waals surface area (Å²) in [5.74, 6) is 0. The Kier molecular flexibility index (Phi) is 5.18. The Bertz CT molecular complexity index is 533. The summed E-state index contributed by atoms with van der Waals surface area (Å²) >= 11 is 21.8. The Balaban J connectivity index is 2.36. The summed E-state index contributed by atoms with van der Waals surface area (Å²) < 4.78 is 3.09. The maximum Gasteiger partial charge on any atom is 0.0843 e. The molecule has 6 heteroatoms. The van der Waals surface area contributed by atoms with Crippen molar-refractivity contribution >= 4 is 86.7 Å². The zero-order chi connectivity index (χ0) is 12.6. The van der Waals surface area contributed by atoms with Gasteiger partial charge < -0.3 is 0 Å². The van der Waals surface area contributed by atoms with Crippen LogP contribution in [0.2, 0.25) is 5.02 Å². The molecule has 1 heterocycles. The first kappa shape index (κ1) is 14.5. The van der Waals surface area contributed by atoms with Crippen LogP contribution >= 0.6 is 86.7 Å². The number of hydrogen-bond donors (Lipinski definition) is 0. The molecule has 2 aromatic rings. The monoisotopic (exact) mass is 520 g/mol. The number of hydrogen-bond acceptors (Lipinski definition) is 1. The van der Waals surface area contributed by atoms with Gasteiger partial charge in [0, 0.05) is 13.8 Å². The molecule has 0 amide bonds. The molecule has 1 aromatic carbocycles. The Hall–Kier alpha value is 1.13. The third kappa shape index (κ3) is 3.37. The fourth-order valence-corrected chi connectivity index (χ4v) is 4.63. The lowest BCUT2D eigenvalue weighted by molar-refractivity contribution is 1.22. The van der Waals surface area contributed by atoms with Crippen LogP contribution in [0.4, 0.5) is 0 Å². The van der Waals surface area contributed by atoms with Crippen LogP contribution in [0.25, 0.3) is 0 Å². The third-order valence-electron chi connectivity index (χ3n) is 2.15. The van der Waals surface area contributed by atoms with E-state index in [0.29, 0.717) is 0 Å². The predicted octanol–water partition coefficient (Wildman–Crippen LogP) is 7.17. The van der Waals surface area contributed by atoms with Gasteiger partial charge in [0.25, 0.3) is 0 Å². The van der Waals surface area contributed by atoms with Crippen LogP contribution in [0.1, 0.15) is 15.3 Å². The second kappa shape index (κ2) is 6.06. The average Bonchev–Trinajstić information content (AvgIpc) is 2.62. The Labute approximate surface area is 142 Å². The molecule has 0 saturated carbocycles. The molecule has 0 radical (unpaired) electrons. The molecular formula is C11H5Br4ClS. The van der Waals surface area contributed by atoms with Crippen molar-refractivity contribution in [3.8, 4) is 0 Å². The van der Waals surface area contributed by atoms with E-state index in [1.54, 1.807) is 11.3 Å². The van der Waals surface area contributed by atoms with E-state index in [9.17, 15) is 0 Å². The quantitative estimate of drug-likeness (QED) is 0.366. The summed E-state index contributed by atoms with van der Waals surface area (Å²) in [6.07, 6.45) is 0. The van der Waals surface area contributed by atoms with Gasteiger partial charge in [-0.25, -0.2) is 0 Å². The molecule has 0 bridgehead atoms. The number of alkyl halides is 1. The minimum Gasteiger partial charge on any atom is -0.131 e. The molecule has 0 spiro atoms. The molecule has 0 aliphatic rings. The lowest BCUT2D eigenvalue weighted by Crippen LogP contribution is -1.89. The van der Waals surface area contributed by atoms with Crippen LogP contribution in [-0.2, 0) is 0 Å². The normalized spacial score (nSPS) is 12.8. The van der Waals surface area contributed by atoms with E-state index in [0.717, 1.165) is 17.8 Å². The van der Waals surface area contributed by atoms with Crippen molar-refractivity contribution in [1.29, 1.82) is 0 Å². The van der Waals surface area contributed by atoms with Crippen LogP contribution in [0.5, 0.6) is 0 Å². The van der Waals surface area contributed by atoms with Gasteiger partial charge in [0.1, 0.15) is 0 Å². The van der Waals surface area contributed by atoms with Crippen molar-refractivity contribution in [1.82, 2.24) is 0 Å². The van der Waals surface area contributed by atoms with Gasteiger partial charge in [-0.2, -0.15) is 0 Å². The summed E-state index contributed by atoms with van der Waals surface area (Å²) in [4.78, 5) is 1.40. The minimum absolute atomic E-state index is 0.170. The van der Waals surface area contributed by atoms with Crippen molar-refractivity contribution in [3.05, 3.63) is 52.5 Å². The zero-order valence-electron chi connectivity index (χ0n) is 8.18. The van der Waals surface area contributed by atoms with Gasteiger partial charge in [-0.05, 0) is 71.6 Å². The highest BCUT2D eigenvalue weighted by Gasteiger charge is 2.15. The molecule has 0 nitrogen and oxygen atoms in total. The molecule has 0 aliphatic carbocycles. The maximum absolute atomic E-state index is 5.99. The van der Waals surface area contributed by atoms with Gasteiger partial charge in [-0.1, -0.05) is 33.6 Å². The first-order chi connectivity index (χ1) is 7.99. The van der Waals surface area contributed by atoms with E-state index in [1.807, 2.05) is 18.2 Å². The highest BCUT2D eigenvalue weighted by Crippen LogP contribution is 2.42. The van der Waals surface area contributed by atoms with Crippen molar-refractivity contribution in [3.63, 3.8) is 0 Å². The van der Waals surface area contributed by atoms with E-state index in [1.165, 1.54) is 10.4 Å². The largest absolute Gasteiger partial charge is 0.131 e. The molecule has 0 N–H and O–H groups in total. The van der Waals surface area contributed by atoms with Crippen LogP contribution in [-0.4, -0.2) is 0 Å². The fraction of sp³-hybridized carbons (Fsp3) is 0.0909. The van der Waals surface area contributed by atoms with E-state index in [4.69, 9.17) is 11.6 Å². The Morgan fingerprint density at radius 1 is 1.06 bits per heavy atom. The molecular weight excluding hydrogens is 519 g/mol. The number of thiophene rings is 1.